The highest BCUT2D eigenvalue weighted by atomic mass is 16.7. The Morgan fingerprint density at radius 2 is 2.00 bits per heavy atom. The quantitative estimate of drug-likeness (QED) is 0.569. The first-order valence-electron chi connectivity index (χ1n) is 9.46. The summed E-state index contributed by atoms with van der Waals surface area (Å²) in [6.45, 7) is 6.96. The summed E-state index contributed by atoms with van der Waals surface area (Å²) >= 11 is 0. The van der Waals surface area contributed by atoms with Crippen molar-refractivity contribution in [1.29, 1.82) is 0 Å². The van der Waals surface area contributed by atoms with Gasteiger partial charge in [-0.05, 0) is 56.5 Å². The van der Waals surface area contributed by atoms with Crippen LogP contribution < -0.4 is 10.2 Å². The molecule has 0 bridgehead atoms. The van der Waals surface area contributed by atoms with Crippen LogP contribution in [0.5, 0.6) is 5.75 Å². The lowest BCUT2D eigenvalue weighted by atomic mass is 10.1. The number of ether oxygens (including phenoxy) is 1. The summed E-state index contributed by atoms with van der Waals surface area (Å²) in [7, 11) is 0. The number of hydrogen-bond acceptors (Lipinski definition) is 5. The topological polar surface area (TPSA) is 67.9 Å². The van der Waals surface area contributed by atoms with Crippen LogP contribution >= 0.6 is 0 Å². The second-order valence-electron chi connectivity index (χ2n) is 6.96. The van der Waals surface area contributed by atoms with Gasteiger partial charge in [0.15, 0.2) is 0 Å². The summed E-state index contributed by atoms with van der Waals surface area (Å²) in [5, 5.41) is 0. The van der Waals surface area contributed by atoms with Crippen molar-refractivity contribution in [2.45, 2.75) is 52.5 Å². The number of carbonyl (C=O) groups is 2. The fourth-order valence-electron chi connectivity index (χ4n) is 3.03. The largest absolute Gasteiger partial charge is 0.494 e. The van der Waals surface area contributed by atoms with Crippen molar-refractivity contribution in [3.05, 3.63) is 29.8 Å². The smallest absolute Gasteiger partial charge is 0.334 e. The van der Waals surface area contributed by atoms with Crippen molar-refractivity contribution in [2.24, 2.45) is 5.92 Å². The zero-order valence-electron chi connectivity index (χ0n) is 15.8. The summed E-state index contributed by atoms with van der Waals surface area (Å²) in [6, 6.07) is 8.24. The van der Waals surface area contributed by atoms with Crippen molar-refractivity contribution in [1.82, 2.24) is 10.4 Å². The zero-order chi connectivity index (χ0) is 18.8. The van der Waals surface area contributed by atoms with Gasteiger partial charge in [-0.3, -0.25) is 9.69 Å². The molecular weight excluding hydrogens is 332 g/mol. The summed E-state index contributed by atoms with van der Waals surface area (Å²) in [6.07, 6.45) is 5.31. The molecule has 1 aromatic rings. The number of hydroxylamine groups is 1. The van der Waals surface area contributed by atoms with Gasteiger partial charge in [0.1, 0.15) is 5.75 Å². The van der Waals surface area contributed by atoms with Gasteiger partial charge in [-0.2, -0.15) is 5.48 Å². The molecular formula is C20H30N2O4. The lowest BCUT2D eigenvalue weighted by Crippen LogP contribution is -2.29. The molecule has 1 fully saturated rings. The molecule has 1 atom stereocenters. The molecule has 1 unspecified atom stereocenters. The minimum absolute atomic E-state index is 0.282. The van der Waals surface area contributed by atoms with E-state index in [9.17, 15) is 9.59 Å². The Hall–Kier alpha value is -2.08. The minimum atomic E-state index is -0.427. The molecule has 2 rings (SSSR count). The molecule has 1 aliphatic rings. The van der Waals surface area contributed by atoms with Gasteiger partial charge in [0.25, 0.3) is 0 Å². The third-order valence-corrected chi connectivity index (χ3v) is 4.50. The number of likely N-dealkylation sites (tertiary alicyclic amines) is 1. The van der Waals surface area contributed by atoms with Gasteiger partial charge in [-0.15, -0.1) is 0 Å². The molecule has 1 saturated heterocycles. The summed E-state index contributed by atoms with van der Waals surface area (Å²) < 4.78 is 5.82. The molecule has 0 saturated carbocycles. The molecule has 1 heterocycles. The van der Waals surface area contributed by atoms with E-state index < -0.39 is 11.9 Å². The van der Waals surface area contributed by atoms with E-state index in [4.69, 9.17) is 4.74 Å². The Labute approximate surface area is 155 Å². The Bertz CT molecular complexity index is 585. The summed E-state index contributed by atoms with van der Waals surface area (Å²) in [5.41, 5.74) is 3.33. The van der Waals surface area contributed by atoms with Crippen LogP contribution in [0.25, 0.3) is 0 Å². The molecule has 1 aliphatic heterocycles. The lowest BCUT2D eigenvalue weighted by molar-refractivity contribution is -0.161. The summed E-state index contributed by atoms with van der Waals surface area (Å²) in [5.74, 6) is -0.231. The maximum atomic E-state index is 11.7. The number of nitrogens with one attached hydrogen (secondary N) is 1. The van der Waals surface area contributed by atoms with Crippen LogP contribution in [0.4, 0.5) is 0 Å². The predicted molar refractivity (Wildman–Crippen MR) is 99.4 cm³/mol. The van der Waals surface area contributed by atoms with Gasteiger partial charge < -0.3 is 9.57 Å². The molecule has 1 amide bonds. The first-order chi connectivity index (χ1) is 12.5. The summed E-state index contributed by atoms with van der Waals surface area (Å²) in [4.78, 5) is 29.6. The highest BCUT2D eigenvalue weighted by Crippen LogP contribution is 2.18. The van der Waals surface area contributed by atoms with E-state index in [2.05, 4.69) is 27.4 Å². The molecule has 1 N–H and O–H groups in total. The standard InChI is InChI=1S/C20H30N2O4/c1-16(20(24)26-21-17(2)23)8-7-13-25-19-10-6-9-18(14-19)15-22-11-4-3-5-12-22/h6,9-10,14,16H,3-5,7-8,11-13,15H2,1-2H3,(H,21,23). The van der Waals surface area contributed by atoms with E-state index in [1.165, 1.54) is 44.8 Å². The van der Waals surface area contributed by atoms with Crippen LogP contribution in [0.1, 0.15) is 51.5 Å². The third-order valence-electron chi connectivity index (χ3n) is 4.50. The van der Waals surface area contributed by atoms with Crippen LogP contribution in [0.15, 0.2) is 24.3 Å². The molecule has 6 heteroatoms. The predicted octanol–water partition coefficient (Wildman–Crippen LogP) is 3.06. The molecule has 0 aliphatic carbocycles. The van der Waals surface area contributed by atoms with Gasteiger partial charge in [0.05, 0.1) is 12.5 Å². The van der Waals surface area contributed by atoms with Crippen LogP contribution in [-0.2, 0) is 21.0 Å². The highest BCUT2D eigenvalue weighted by Gasteiger charge is 2.15. The van der Waals surface area contributed by atoms with Crippen molar-refractivity contribution >= 4 is 11.9 Å². The Morgan fingerprint density at radius 1 is 1.23 bits per heavy atom. The Morgan fingerprint density at radius 3 is 2.73 bits per heavy atom. The third kappa shape index (κ3) is 7.44. The number of benzene rings is 1. The van der Waals surface area contributed by atoms with E-state index in [0.717, 1.165) is 18.7 Å². The molecule has 1 aromatic carbocycles. The number of rotatable bonds is 8. The second-order valence-corrected chi connectivity index (χ2v) is 6.96. The first-order valence-corrected chi connectivity index (χ1v) is 9.46. The van der Waals surface area contributed by atoms with Gasteiger partial charge >= 0.3 is 5.97 Å². The molecule has 6 nitrogen and oxygen atoms in total. The van der Waals surface area contributed by atoms with Crippen LogP contribution in [0.2, 0.25) is 0 Å². The van der Waals surface area contributed by atoms with Crippen LogP contribution in [0, 0.1) is 5.92 Å². The molecule has 0 radical (unpaired) electrons. The van der Waals surface area contributed by atoms with Gasteiger partial charge in [-0.1, -0.05) is 25.5 Å². The number of nitrogens with zero attached hydrogens (tertiary/aromatic N) is 1. The second kappa shape index (κ2) is 10.8. The van der Waals surface area contributed by atoms with Crippen molar-refractivity contribution in [3.8, 4) is 5.75 Å². The van der Waals surface area contributed by atoms with Crippen molar-refractivity contribution in [3.63, 3.8) is 0 Å². The van der Waals surface area contributed by atoms with E-state index in [1.807, 2.05) is 12.1 Å². The van der Waals surface area contributed by atoms with Crippen LogP contribution in [0.3, 0.4) is 0 Å². The monoisotopic (exact) mass is 362 g/mol. The molecule has 0 aromatic heterocycles. The lowest BCUT2D eigenvalue weighted by Gasteiger charge is -2.26. The number of hydrogen-bond donors (Lipinski definition) is 1. The van der Waals surface area contributed by atoms with Crippen LogP contribution in [-0.4, -0.2) is 36.5 Å². The SMILES string of the molecule is CC(=O)NOC(=O)C(C)CCCOc1cccc(CN2CCCCC2)c1. The number of carbonyl (C=O) groups excluding carboxylic acids is 2. The van der Waals surface area contributed by atoms with Gasteiger partial charge in [-0.25, -0.2) is 4.79 Å². The fourth-order valence-corrected chi connectivity index (χ4v) is 3.03. The van der Waals surface area contributed by atoms with E-state index in [-0.39, 0.29) is 5.92 Å². The zero-order valence-corrected chi connectivity index (χ0v) is 15.8. The normalized spacial score (nSPS) is 15.9. The van der Waals surface area contributed by atoms with E-state index in [1.54, 1.807) is 6.92 Å². The molecule has 26 heavy (non-hydrogen) atoms. The van der Waals surface area contributed by atoms with Crippen molar-refractivity contribution < 1.29 is 19.2 Å². The fraction of sp³-hybridized carbons (Fsp3) is 0.600. The maximum absolute atomic E-state index is 11.7. The Balaban J connectivity index is 1.68. The average Bonchev–Trinajstić information content (AvgIpc) is 2.64. The average molecular weight is 362 g/mol. The molecule has 144 valence electrons. The van der Waals surface area contributed by atoms with Crippen molar-refractivity contribution in [2.75, 3.05) is 19.7 Å². The Kier molecular flexibility index (Phi) is 8.41. The first kappa shape index (κ1) is 20.2. The van der Waals surface area contributed by atoms with Gasteiger partial charge in [0, 0.05) is 13.5 Å². The van der Waals surface area contributed by atoms with E-state index >= 15 is 0 Å². The highest BCUT2D eigenvalue weighted by molar-refractivity contribution is 5.76. The maximum Gasteiger partial charge on any atom is 0.334 e. The van der Waals surface area contributed by atoms with Gasteiger partial charge in [0.2, 0.25) is 5.91 Å². The number of piperidine rings is 1. The van der Waals surface area contributed by atoms with E-state index in [0.29, 0.717) is 13.0 Å². The minimum Gasteiger partial charge on any atom is -0.494 e. The molecule has 0 spiro atoms. The number of amides is 1.